The fourth-order valence-electron chi connectivity index (χ4n) is 2.03. The molecule has 0 heterocycles. The summed E-state index contributed by atoms with van der Waals surface area (Å²) in [7, 11) is 0. The minimum Gasteiger partial charge on any atom is -0.486 e. The van der Waals surface area contributed by atoms with Crippen molar-refractivity contribution in [3.05, 3.63) is 68.4 Å². The van der Waals surface area contributed by atoms with Crippen molar-refractivity contribution >= 4 is 45.5 Å². The molecule has 0 aliphatic rings. The van der Waals surface area contributed by atoms with E-state index in [1.807, 2.05) is 5.32 Å². The van der Waals surface area contributed by atoms with Gasteiger partial charge >= 0.3 is 6.03 Å². The molecule has 0 aliphatic carbocycles. The van der Waals surface area contributed by atoms with Crippen molar-refractivity contribution in [2.45, 2.75) is 6.61 Å². The second-order valence-corrected chi connectivity index (χ2v) is 6.48. The van der Waals surface area contributed by atoms with Gasteiger partial charge in [0.25, 0.3) is 5.91 Å². The van der Waals surface area contributed by atoms with Gasteiger partial charge in [-0.15, -0.1) is 0 Å². The van der Waals surface area contributed by atoms with Crippen LogP contribution in [-0.4, -0.2) is 11.9 Å². The summed E-state index contributed by atoms with van der Waals surface area (Å²) in [6, 6.07) is 9.51. The third kappa shape index (κ3) is 5.81. The van der Waals surface area contributed by atoms with Crippen LogP contribution in [0.3, 0.4) is 0 Å². The van der Waals surface area contributed by atoms with Gasteiger partial charge in [0.2, 0.25) is 0 Å². The summed E-state index contributed by atoms with van der Waals surface area (Å²) in [5.74, 6) is -0.921. The number of carbonyl (C=O) groups is 2. The molecule has 9 heteroatoms. The molecular weight excluding hydrogens is 441 g/mol. The Morgan fingerprint density at radius 2 is 2.00 bits per heavy atom. The minimum atomic E-state index is -1.06. The molecule has 2 aromatic rings. The summed E-state index contributed by atoms with van der Waals surface area (Å²) < 4.78 is 19.1. The molecule has 0 bridgehead atoms. The standard InChI is InChI=1S/C18H12BrClFN3O3/c19-14-6-11(5-12(8-22)17(25)24-18(23)26)7-15(20)16(14)27-9-10-1-3-13(21)4-2-10/h1-7H,9H2,(H3,23,24,25,26)/b12-5-. The molecule has 0 unspecified atom stereocenters. The average molecular weight is 453 g/mol. The van der Waals surface area contributed by atoms with E-state index >= 15 is 0 Å². The smallest absolute Gasteiger partial charge is 0.319 e. The largest absolute Gasteiger partial charge is 0.486 e. The van der Waals surface area contributed by atoms with E-state index in [1.54, 1.807) is 24.3 Å². The number of imide groups is 1. The van der Waals surface area contributed by atoms with Crippen LogP contribution < -0.4 is 15.8 Å². The highest BCUT2D eigenvalue weighted by Gasteiger charge is 2.13. The molecule has 3 amide bonds. The first kappa shape index (κ1) is 20.4. The predicted octanol–water partition coefficient (Wildman–Crippen LogP) is 3.92. The van der Waals surface area contributed by atoms with Gasteiger partial charge < -0.3 is 10.5 Å². The van der Waals surface area contributed by atoms with Crippen molar-refractivity contribution < 1.29 is 18.7 Å². The van der Waals surface area contributed by atoms with Crippen LogP contribution in [0.25, 0.3) is 6.08 Å². The minimum absolute atomic E-state index is 0.165. The van der Waals surface area contributed by atoms with Crippen molar-refractivity contribution in [1.82, 2.24) is 5.32 Å². The highest BCUT2D eigenvalue weighted by Crippen LogP contribution is 2.35. The zero-order valence-electron chi connectivity index (χ0n) is 13.6. The normalized spacial score (nSPS) is 10.8. The van der Waals surface area contributed by atoms with Crippen LogP contribution >= 0.6 is 27.5 Å². The quantitative estimate of drug-likeness (QED) is 0.530. The van der Waals surface area contributed by atoms with Crippen molar-refractivity contribution in [3.8, 4) is 11.8 Å². The number of nitrogens with two attached hydrogens (primary N) is 1. The van der Waals surface area contributed by atoms with Gasteiger partial charge in [-0.1, -0.05) is 23.7 Å². The maximum atomic E-state index is 12.9. The van der Waals surface area contributed by atoms with Gasteiger partial charge in [-0.25, -0.2) is 9.18 Å². The second-order valence-electron chi connectivity index (χ2n) is 5.22. The number of carbonyl (C=O) groups excluding carboxylic acids is 2. The Bertz CT molecular complexity index is 932. The molecule has 0 aliphatic heterocycles. The predicted molar refractivity (Wildman–Crippen MR) is 101 cm³/mol. The lowest BCUT2D eigenvalue weighted by Crippen LogP contribution is -2.35. The van der Waals surface area contributed by atoms with Crippen molar-refractivity contribution in [1.29, 1.82) is 5.26 Å². The fraction of sp³-hybridized carbons (Fsp3) is 0.0556. The Kier molecular flexibility index (Phi) is 6.93. The van der Waals surface area contributed by atoms with Gasteiger partial charge in [-0.3, -0.25) is 10.1 Å². The van der Waals surface area contributed by atoms with Crippen LogP contribution in [0.1, 0.15) is 11.1 Å². The fourth-order valence-corrected chi connectivity index (χ4v) is 3.02. The molecule has 0 fully saturated rings. The molecule has 0 atom stereocenters. The van der Waals surface area contributed by atoms with Crippen LogP contribution in [0.2, 0.25) is 5.02 Å². The monoisotopic (exact) mass is 451 g/mol. The number of hydrogen-bond donors (Lipinski definition) is 2. The van der Waals surface area contributed by atoms with E-state index in [0.29, 0.717) is 15.8 Å². The van der Waals surface area contributed by atoms with Crippen LogP contribution in [0.15, 0.2) is 46.4 Å². The molecule has 0 saturated carbocycles. The second kappa shape index (κ2) is 9.16. The van der Waals surface area contributed by atoms with E-state index < -0.39 is 11.9 Å². The zero-order valence-corrected chi connectivity index (χ0v) is 16.0. The lowest BCUT2D eigenvalue weighted by atomic mass is 10.1. The molecule has 2 aromatic carbocycles. The zero-order chi connectivity index (χ0) is 20.0. The summed E-state index contributed by atoms with van der Waals surface area (Å²) in [6.45, 7) is 0.165. The maximum Gasteiger partial charge on any atom is 0.319 e. The Balaban J connectivity index is 2.21. The summed E-state index contributed by atoms with van der Waals surface area (Å²) >= 11 is 9.53. The lowest BCUT2D eigenvalue weighted by molar-refractivity contribution is -0.115. The van der Waals surface area contributed by atoms with Crippen molar-refractivity contribution in [2.24, 2.45) is 5.73 Å². The summed E-state index contributed by atoms with van der Waals surface area (Å²) in [5.41, 5.74) is 5.72. The third-order valence-corrected chi connectivity index (χ3v) is 4.10. The van der Waals surface area contributed by atoms with Gasteiger partial charge in [0, 0.05) is 0 Å². The van der Waals surface area contributed by atoms with E-state index in [9.17, 15) is 14.0 Å². The summed E-state index contributed by atoms with van der Waals surface area (Å²) in [5, 5.41) is 11.1. The molecule has 0 saturated heterocycles. The number of nitrogens with one attached hydrogen (secondary N) is 1. The molecule has 138 valence electrons. The average Bonchev–Trinajstić information content (AvgIpc) is 2.59. The van der Waals surface area contributed by atoms with Crippen LogP contribution in [-0.2, 0) is 11.4 Å². The first-order valence-corrected chi connectivity index (χ1v) is 8.56. The Hall–Kier alpha value is -2.89. The van der Waals surface area contributed by atoms with Gasteiger partial charge in [0.05, 0.1) is 9.50 Å². The first-order chi connectivity index (χ1) is 12.8. The van der Waals surface area contributed by atoms with Crippen molar-refractivity contribution in [2.75, 3.05) is 0 Å². The van der Waals surface area contributed by atoms with Gasteiger partial charge in [0.15, 0.2) is 5.75 Å². The van der Waals surface area contributed by atoms with E-state index in [0.717, 1.165) is 5.56 Å². The van der Waals surface area contributed by atoms with Crippen LogP contribution in [0, 0.1) is 17.1 Å². The van der Waals surface area contributed by atoms with E-state index in [2.05, 4.69) is 15.9 Å². The Morgan fingerprint density at radius 3 is 2.56 bits per heavy atom. The number of nitriles is 1. The van der Waals surface area contributed by atoms with Gasteiger partial charge in [-0.2, -0.15) is 5.26 Å². The molecule has 0 radical (unpaired) electrons. The number of ether oxygens (including phenoxy) is 1. The number of halogens is 3. The number of rotatable bonds is 5. The van der Waals surface area contributed by atoms with E-state index in [-0.39, 0.29) is 23.0 Å². The highest BCUT2D eigenvalue weighted by atomic mass is 79.9. The Labute approximate surface area is 167 Å². The number of amides is 3. The molecule has 27 heavy (non-hydrogen) atoms. The van der Waals surface area contributed by atoms with Gasteiger partial charge in [0.1, 0.15) is 24.1 Å². The van der Waals surface area contributed by atoms with Crippen LogP contribution in [0.5, 0.6) is 5.75 Å². The van der Waals surface area contributed by atoms with Crippen molar-refractivity contribution in [3.63, 3.8) is 0 Å². The molecule has 0 aromatic heterocycles. The molecule has 2 rings (SSSR count). The van der Waals surface area contributed by atoms with E-state index in [4.69, 9.17) is 27.3 Å². The van der Waals surface area contributed by atoms with Crippen LogP contribution in [0.4, 0.5) is 9.18 Å². The molecule has 6 nitrogen and oxygen atoms in total. The number of primary amides is 1. The van der Waals surface area contributed by atoms with E-state index in [1.165, 1.54) is 24.3 Å². The molecule has 3 N–H and O–H groups in total. The lowest BCUT2D eigenvalue weighted by Gasteiger charge is -2.11. The topological polar surface area (TPSA) is 105 Å². The SMILES string of the molecule is N#C/C(=C/c1cc(Cl)c(OCc2ccc(F)cc2)c(Br)c1)C(=O)NC(N)=O. The van der Waals surface area contributed by atoms with Gasteiger partial charge in [-0.05, 0) is 57.4 Å². The third-order valence-electron chi connectivity index (χ3n) is 3.23. The highest BCUT2D eigenvalue weighted by molar-refractivity contribution is 9.10. The number of nitrogens with zero attached hydrogens (tertiary/aromatic N) is 1. The molecule has 0 spiro atoms. The Morgan fingerprint density at radius 1 is 1.33 bits per heavy atom. The first-order valence-electron chi connectivity index (χ1n) is 7.39. The maximum absolute atomic E-state index is 12.9. The molecular formula is C18H12BrClFN3O3. The number of urea groups is 1. The number of benzene rings is 2. The number of hydrogen-bond acceptors (Lipinski definition) is 4. The summed E-state index contributed by atoms with van der Waals surface area (Å²) in [6.07, 6.45) is 1.25. The summed E-state index contributed by atoms with van der Waals surface area (Å²) in [4.78, 5) is 22.4.